The minimum Gasteiger partial charge on any atom is -0.310 e. The van der Waals surface area contributed by atoms with Crippen molar-refractivity contribution < 1.29 is 8.78 Å². The van der Waals surface area contributed by atoms with Crippen molar-refractivity contribution in [3.8, 4) is 0 Å². The van der Waals surface area contributed by atoms with Gasteiger partial charge in [-0.1, -0.05) is 27.7 Å². The molecule has 0 aliphatic rings. The third kappa shape index (κ3) is 3.01. The first-order valence-corrected chi connectivity index (χ1v) is 5.54. The number of benzene rings is 1. The topological polar surface area (TPSA) is 12.0 Å². The quantitative estimate of drug-likeness (QED) is 0.831. The summed E-state index contributed by atoms with van der Waals surface area (Å²) in [6.07, 6.45) is 0. The predicted molar refractivity (Wildman–Crippen MR) is 62.2 cm³/mol. The summed E-state index contributed by atoms with van der Waals surface area (Å²) in [5, 5.41) is 3.20. The molecule has 1 aromatic rings. The summed E-state index contributed by atoms with van der Waals surface area (Å²) >= 11 is 0. The average Bonchev–Trinajstić information content (AvgIpc) is 2.17. The molecule has 0 amide bonds. The number of nitrogens with one attached hydrogen (secondary N) is 1. The van der Waals surface area contributed by atoms with Gasteiger partial charge in [-0.05, 0) is 30.2 Å². The van der Waals surface area contributed by atoms with Crippen LogP contribution in [0.3, 0.4) is 0 Å². The van der Waals surface area contributed by atoms with Crippen molar-refractivity contribution in [2.24, 2.45) is 5.41 Å². The zero-order valence-corrected chi connectivity index (χ0v) is 10.3. The molecule has 0 bridgehead atoms. The van der Waals surface area contributed by atoms with Gasteiger partial charge >= 0.3 is 0 Å². The van der Waals surface area contributed by atoms with Gasteiger partial charge in [-0.2, -0.15) is 0 Å². The maximum Gasteiger partial charge on any atom is 0.128 e. The summed E-state index contributed by atoms with van der Waals surface area (Å²) < 4.78 is 26.8. The summed E-state index contributed by atoms with van der Waals surface area (Å²) in [4.78, 5) is 0. The van der Waals surface area contributed by atoms with Crippen LogP contribution in [-0.4, -0.2) is 6.54 Å². The van der Waals surface area contributed by atoms with E-state index >= 15 is 0 Å². The zero-order chi connectivity index (χ0) is 12.3. The van der Waals surface area contributed by atoms with Crippen LogP contribution in [0, 0.1) is 17.0 Å². The fourth-order valence-corrected chi connectivity index (χ4v) is 1.82. The summed E-state index contributed by atoms with van der Waals surface area (Å²) in [6.45, 7) is 8.69. The Balaban J connectivity index is 3.15. The molecule has 0 aromatic heterocycles. The number of hydrogen-bond acceptors (Lipinski definition) is 1. The molecule has 90 valence electrons. The molecule has 16 heavy (non-hydrogen) atoms. The Morgan fingerprint density at radius 1 is 1.25 bits per heavy atom. The second-order valence-electron chi connectivity index (χ2n) is 5.02. The monoisotopic (exact) mass is 227 g/mol. The number of hydrogen-bond donors (Lipinski definition) is 1. The van der Waals surface area contributed by atoms with E-state index < -0.39 is 5.82 Å². The van der Waals surface area contributed by atoms with Crippen molar-refractivity contribution in [3.05, 3.63) is 35.4 Å². The molecule has 0 fully saturated rings. The van der Waals surface area contributed by atoms with E-state index in [0.717, 1.165) is 12.6 Å². The molecule has 0 radical (unpaired) electrons. The molecular weight excluding hydrogens is 208 g/mol. The van der Waals surface area contributed by atoms with Crippen LogP contribution in [0.5, 0.6) is 0 Å². The van der Waals surface area contributed by atoms with Crippen molar-refractivity contribution in [1.29, 1.82) is 0 Å². The van der Waals surface area contributed by atoms with E-state index in [4.69, 9.17) is 0 Å². The van der Waals surface area contributed by atoms with E-state index in [2.05, 4.69) is 5.32 Å². The lowest BCUT2D eigenvalue weighted by Crippen LogP contribution is -2.33. The van der Waals surface area contributed by atoms with Crippen LogP contribution >= 0.6 is 0 Å². The summed E-state index contributed by atoms with van der Waals surface area (Å²) in [7, 11) is 0. The van der Waals surface area contributed by atoms with E-state index in [1.807, 2.05) is 27.7 Å². The van der Waals surface area contributed by atoms with Crippen molar-refractivity contribution in [1.82, 2.24) is 5.32 Å². The Labute approximate surface area is 95.9 Å². The van der Waals surface area contributed by atoms with Crippen LogP contribution in [0.15, 0.2) is 18.2 Å². The first kappa shape index (κ1) is 13.1. The average molecular weight is 227 g/mol. The molecule has 0 saturated carbocycles. The SMILES string of the molecule is CCNC(c1cc(F)ccc1F)C(C)(C)C. The molecule has 1 N–H and O–H groups in total. The van der Waals surface area contributed by atoms with Crippen molar-refractivity contribution in [3.63, 3.8) is 0 Å². The minimum absolute atomic E-state index is 0.162. The van der Waals surface area contributed by atoms with Gasteiger partial charge in [-0.3, -0.25) is 0 Å². The summed E-state index contributed by atoms with van der Waals surface area (Å²) in [5.74, 6) is -0.758. The third-order valence-corrected chi connectivity index (χ3v) is 2.54. The summed E-state index contributed by atoms with van der Waals surface area (Å²) in [6, 6.07) is 3.41. The van der Waals surface area contributed by atoms with Crippen LogP contribution in [0.4, 0.5) is 8.78 Å². The molecule has 0 aliphatic heterocycles. The molecular formula is C13H19F2N. The fraction of sp³-hybridized carbons (Fsp3) is 0.538. The van der Waals surface area contributed by atoms with Crippen molar-refractivity contribution in [2.45, 2.75) is 33.7 Å². The van der Waals surface area contributed by atoms with Gasteiger partial charge in [0, 0.05) is 11.6 Å². The third-order valence-electron chi connectivity index (χ3n) is 2.54. The van der Waals surface area contributed by atoms with Crippen molar-refractivity contribution in [2.75, 3.05) is 6.54 Å². The Kier molecular flexibility index (Phi) is 4.03. The molecule has 1 nitrogen and oxygen atoms in total. The highest BCUT2D eigenvalue weighted by Gasteiger charge is 2.27. The zero-order valence-electron chi connectivity index (χ0n) is 10.3. The van der Waals surface area contributed by atoms with E-state index in [9.17, 15) is 8.78 Å². The number of rotatable bonds is 3. The Morgan fingerprint density at radius 3 is 2.38 bits per heavy atom. The molecule has 1 atom stereocenters. The molecule has 0 saturated heterocycles. The van der Waals surface area contributed by atoms with E-state index in [1.165, 1.54) is 12.1 Å². The number of halogens is 2. The van der Waals surface area contributed by atoms with Gasteiger partial charge in [-0.25, -0.2) is 8.78 Å². The molecule has 0 aliphatic carbocycles. The second kappa shape index (κ2) is 4.91. The van der Waals surface area contributed by atoms with Gasteiger partial charge in [0.05, 0.1) is 0 Å². The van der Waals surface area contributed by atoms with Crippen LogP contribution in [0.1, 0.15) is 39.3 Å². The summed E-state index contributed by atoms with van der Waals surface area (Å²) in [5.41, 5.74) is 0.235. The van der Waals surface area contributed by atoms with Gasteiger partial charge in [0.2, 0.25) is 0 Å². The molecule has 1 unspecified atom stereocenters. The highest BCUT2D eigenvalue weighted by atomic mass is 19.1. The fourth-order valence-electron chi connectivity index (χ4n) is 1.82. The van der Waals surface area contributed by atoms with E-state index in [-0.39, 0.29) is 17.3 Å². The maximum absolute atomic E-state index is 13.7. The standard InChI is InChI=1S/C13H19F2N/c1-5-16-12(13(2,3)4)10-8-9(14)6-7-11(10)15/h6-8,12,16H,5H2,1-4H3. The Morgan fingerprint density at radius 2 is 1.88 bits per heavy atom. The van der Waals surface area contributed by atoms with Crippen LogP contribution < -0.4 is 5.32 Å². The van der Waals surface area contributed by atoms with E-state index in [1.54, 1.807) is 0 Å². The maximum atomic E-state index is 13.7. The first-order chi connectivity index (χ1) is 7.36. The lowest BCUT2D eigenvalue weighted by Gasteiger charge is -2.32. The van der Waals surface area contributed by atoms with Gasteiger partial charge in [0.25, 0.3) is 0 Å². The van der Waals surface area contributed by atoms with Crippen LogP contribution in [0.25, 0.3) is 0 Å². The highest BCUT2D eigenvalue weighted by molar-refractivity contribution is 5.24. The first-order valence-electron chi connectivity index (χ1n) is 5.54. The second-order valence-corrected chi connectivity index (χ2v) is 5.02. The van der Waals surface area contributed by atoms with E-state index in [0.29, 0.717) is 5.56 Å². The smallest absolute Gasteiger partial charge is 0.128 e. The van der Waals surface area contributed by atoms with Gasteiger partial charge < -0.3 is 5.32 Å². The van der Waals surface area contributed by atoms with Gasteiger partial charge in [-0.15, -0.1) is 0 Å². The molecule has 0 spiro atoms. The predicted octanol–water partition coefficient (Wildman–Crippen LogP) is 3.66. The highest BCUT2D eigenvalue weighted by Crippen LogP contribution is 2.34. The lowest BCUT2D eigenvalue weighted by molar-refractivity contribution is 0.269. The molecule has 1 rings (SSSR count). The van der Waals surface area contributed by atoms with Crippen molar-refractivity contribution >= 4 is 0 Å². The van der Waals surface area contributed by atoms with Gasteiger partial charge in [0.15, 0.2) is 0 Å². The Bertz CT molecular complexity index is 355. The minimum atomic E-state index is -0.399. The molecule has 3 heteroatoms. The normalized spacial score (nSPS) is 13.9. The molecule has 0 heterocycles. The van der Waals surface area contributed by atoms with Crippen LogP contribution in [-0.2, 0) is 0 Å². The Hall–Kier alpha value is -0.960. The molecule has 1 aromatic carbocycles. The largest absolute Gasteiger partial charge is 0.310 e. The van der Waals surface area contributed by atoms with Gasteiger partial charge in [0.1, 0.15) is 11.6 Å². The van der Waals surface area contributed by atoms with Crippen LogP contribution in [0.2, 0.25) is 0 Å². The lowest BCUT2D eigenvalue weighted by atomic mass is 9.82.